The molecule has 0 bridgehead atoms. The summed E-state index contributed by atoms with van der Waals surface area (Å²) in [5.41, 5.74) is 1.33. The molecule has 0 saturated heterocycles. The molecule has 0 atom stereocenters. The first kappa shape index (κ1) is 24.4. The van der Waals surface area contributed by atoms with E-state index in [0.717, 1.165) is 10.8 Å². The topological polar surface area (TPSA) is 105 Å². The number of carbonyl (C=O) groups excluding carboxylic acids is 4. The van der Waals surface area contributed by atoms with E-state index in [1.807, 2.05) is 38.1 Å². The predicted molar refractivity (Wildman–Crippen MR) is 131 cm³/mol. The highest BCUT2D eigenvalue weighted by molar-refractivity contribution is 6.06. The summed E-state index contributed by atoms with van der Waals surface area (Å²) < 4.78 is 5.21. The number of anilines is 2. The second kappa shape index (κ2) is 11.1. The van der Waals surface area contributed by atoms with E-state index in [0.29, 0.717) is 30.0 Å². The number of amides is 3. The molecule has 176 valence electrons. The van der Waals surface area contributed by atoms with Crippen molar-refractivity contribution in [2.45, 2.75) is 20.8 Å². The molecule has 0 unspecified atom stereocenters. The smallest absolute Gasteiger partial charge is 0.340 e. The van der Waals surface area contributed by atoms with Crippen molar-refractivity contribution in [3.8, 4) is 0 Å². The minimum Gasteiger partial charge on any atom is -0.452 e. The van der Waals surface area contributed by atoms with Crippen LogP contribution in [-0.2, 0) is 14.3 Å². The first-order chi connectivity index (χ1) is 16.3. The molecular weight excluding hydrogens is 434 g/mol. The van der Waals surface area contributed by atoms with E-state index >= 15 is 0 Å². The molecule has 0 aliphatic heterocycles. The third-order valence-corrected chi connectivity index (χ3v) is 5.19. The van der Waals surface area contributed by atoms with Crippen LogP contribution in [0.4, 0.5) is 11.4 Å². The number of esters is 1. The average Bonchev–Trinajstić information content (AvgIpc) is 2.82. The summed E-state index contributed by atoms with van der Waals surface area (Å²) in [4.78, 5) is 50.9. The fourth-order valence-corrected chi connectivity index (χ4v) is 3.53. The second-order valence-electron chi connectivity index (χ2n) is 7.61. The van der Waals surface area contributed by atoms with Crippen LogP contribution in [0.25, 0.3) is 10.8 Å². The monoisotopic (exact) mass is 461 g/mol. The summed E-state index contributed by atoms with van der Waals surface area (Å²) in [6.45, 7) is 5.77. The Morgan fingerprint density at radius 1 is 0.853 bits per heavy atom. The maximum absolute atomic E-state index is 12.7. The molecule has 0 spiro atoms. The molecule has 0 heterocycles. The van der Waals surface area contributed by atoms with Gasteiger partial charge in [-0.1, -0.05) is 30.3 Å². The molecule has 3 amide bonds. The van der Waals surface area contributed by atoms with E-state index in [-0.39, 0.29) is 17.4 Å². The molecule has 0 fully saturated rings. The van der Waals surface area contributed by atoms with Crippen LogP contribution in [0.3, 0.4) is 0 Å². The van der Waals surface area contributed by atoms with Crippen molar-refractivity contribution in [3.05, 3.63) is 71.8 Å². The maximum Gasteiger partial charge on any atom is 0.340 e. The summed E-state index contributed by atoms with van der Waals surface area (Å²) >= 11 is 0. The third kappa shape index (κ3) is 5.98. The van der Waals surface area contributed by atoms with Gasteiger partial charge in [-0.2, -0.15) is 0 Å². The van der Waals surface area contributed by atoms with Crippen molar-refractivity contribution >= 4 is 45.8 Å². The molecule has 0 aliphatic rings. The zero-order valence-corrected chi connectivity index (χ0v) is 19.4. The summed E-state index contributed by atoms with van der Waals surface area (Å²) in [5, 5.41) is 6.91. The van der Waals surface area contributed by atoms with Gasteiger partial charge in [0.25, 0.3) is 11.8 Å². The van der Waals surface area contributed by atoms with Crippen LogP contribution in [0, 0.1) is 0 Å². The van der Waals surface area contributed by atoms with Crippen LogP contribution < -0.4 is 10.6 Å². The van der Waals surface area contributed by atoms with Gasteiger partial charge in [-0.15, -0.1) is 0 Å². The Morgan fingerprint density at radius 2 is 1.53 bits per heavy atom. The Bertz CT molecular complexity index is 1230. The first-order valence-corrected chi connectivity index (χ1v) is 11.0. The SMILES string of the molecule is CCN(CC)C(=O)c1cccc(NC(=O)COC(=O)c2cc3ccccc3cc2NC(C)=O)c1. The summed E-state index contributed by atoms with van der Waals surface area (Å²) in [7, 11) is 0. The van der Waals surface area contributed by atoms with Crippen LogP contribution in [0.1, 0.15) is 41.5 Å². The quantitative estimate of drug-likeness (QED) is 0.492. The van der Waals surface area contributed by atoms with Crippen molar-refractivity contribution in [3.63, 3.8) is 0 Å². The maximum atomic E-state index is 12.7. The molecule has 3 aromatic rings. The molecular formula is C26H27N3O5. The van der Waals surface area contributed by atoms with E-state index in [1.54, 1.807) is 41.3 Å². The summed E-state index contributed by atoms with van der Waals surface area (Å²) in [5.74, 6) is -1.76. The molecule has 3 rings (SSSR count). The van der Waals surface area contributed by atoms with E-state index in [1.165, 1.54) is 6.92 Å². The minimum absolute atomic E-state index is 0.130. The number of benzene rings is 3. The van der Waals surface area contributed by atoms with Crippen molar-refractivity contribution in [1.29, 1.82) is 0 Å². The highest BCUT2D eigenvalue weighted by atomic mass is 16.5. The summed E-state index contributed by atoms with van der Waals surface area (Å²) in [6, 6.07) is 17.3. The Kier molecular flexibility index (Phi) is 7.97. The Labute approximate surface area is 197 Å². The number of ether oxygens (including phenoxy) is 1. The lowest BCUT2D eigenvalue weighted by Crippen LogP contribution is -2.30. The van der Waals surface area contributed by atoms with E-state index < -0.39 is 18.5 Å². The number of rotatable bonds is 8. The molecule has 0 aromatic heterocycles. The highest BCUT2D eigenvalue weighted by Crippen LogP contribution is 2.25. The van der Waals surface area contributed by atoms with Gasteiger partial charge >= 0.3 is 5.97 Å². The van der Waals surface area contributed by atoms with Gasteiger partial charge in [-0.05, 0) is 55.0 Å². The van der Waals surface area contributed by atoms with Crippen LogP contribution in [0.15, 0.2) is 60.7 Å². The van der Waals surface area contributed by atoms with Crippen molar-refractivity contribution in [2.75, 3.05) is 30.3 Å². The van der Waals surface area contributed by atoms with Crippen molar-refractivity contribution < 1.29 is 23.9 Å². The van der Waals surface area contributed by atoms with Gasteiger partial charge in [-0.25, -0.2) is 4.79 Å². The van der Waals surface area contributed by atoms with Crippen molar-refractivity contribution in [1.82, 2.24) is 4.90 Å². The molecule has 2 N–H and O–H groups in total. The largest absolute Gasteiger partial charge is 0.452 e. The van der Waals surface area contributed by atoms with Gasteiger partial charge in [0, 0.05) is 31.3 Å². The number of carbonyl (C=O) groups is 4. The zero-order valence-electron chi connectivity index (χ0n) is 19.4. The van der Waals surface area contributed by atoms with Gasteiger partial charge in [-0.3, -0.25) is 14.4 Å². The number of hydrogen-bond donors (Lipinski definition) is 2. The molecule has 34 heavy (non-hydrogen) atoms. The fourth-order valence-electron chi connectivity index (χ4n) is 3.53. The Hall–Kier alpha value is -4.20. The lowest BCUT2D eigenvalue weighted by Gasteiger charge is -2.19. The highest BCUT2D eigenvalue weighted by Gasteiger charge is 2.18. The fraction of sp³-hybridized carbons (Fsp3) is 0.231. The zero-order chi connectivity index (χ0) is 24.7. The third-order valence-electron chi connectivity index (χ3n) is 5.19. The van der Waals surface area contributed by atoms with E-state index in [4.69, 9.17) is 4.74 Å². The molecule has 8 heteroatoms. The number of nitrogens with one attached hydrogen (secondary N) is 2. The van der Waals surface area contributed by atoms with Crippen LogP contribution in [-0.4, -0.2) is 48.3 Å². The van der Waals surface area contributed by atoms with Crippen LogP contribution >= 0.6 is 0 Å². The number of fused-ring (bicyclic) bond motifs is 1. The molecule has 0 aliphatic carbocycles. The van der Waals surface area contributed by atoms with Gasteiger partial charge in [0.2, 0.25) is 5.91 Å². The molecule has 0 radical (unpaired) electrons. The Balaban J connectivity index is 1.69. The van der Waals surface area contributed by atoms with E-state index in [9.17, 15) is 19.2 Å². The normalized spacial score (nSPS) is 10.4. The van der Waals surface area contributed by atoms with Gasteiger partial charge < -0.3 is 20.3 Å². The molecule has 0 saturated carbocycles. The standard InChI is InChI=1S/C26H27N3O5/c1-4-29(5-2)25(32)20-11-8-12-21(13-20)28-24(31)16-34-26(33)22-14-18-9-6-7-10-19(18)15-23(22)27-17(3)30/h6-15H,4-5,16H2,1-3H3,(H,27,30)(H,28,31). The number of nitrogens with zero attached hydrogens (tertiary/aromatic N) is 1. The lowest BCUT2D eigenvalue weighted by atomic mass is 10.0. The molecule has 3 aromatic carbocycles. The van der Waals surface area contributed by atoms with Gasteiger partial charge in [0.05, 0.1) is 11.3 Å². The Morgan fingerprint density at radius 3 is 2.18 bits per heavy atom. The lowest BCUT2D eigenvalue weighted by molar-refractivity contribution is -0.119. The summed E-state index contributed by atoms with van der Waals surface area (Å²) in [6.07, 6.45) is 0. The van der Waals surface area contributed by atoms with Gasteiger partial charge in [0.1, 0.15) is 0 Å². The number of hydrogen-bond acceptors (Lipinski definition) is 5. The van der Waals surface area contributed by atoms with Crippen molar-refractivity contribution in [2.24, 2.45) is 0 Å². The minimum atomic E-state index is -0.741. The van der Waals surface area contributed by atoms with Gasteiger partial charge in [0.15, 0.2) is 6.61 Å². The van der Waals surface area contributed by atoms with Crippen LogP contribution in [0.5, 0.6) is 0 Å². The van der Waals surface area contributed by atoms with Crippen LogP contribution in [0.2, 0.25) is 0 Å². The average molecular weight is 462 g/mol. The molecule has 8 nitrogen and oxygen atoms in total. The first-order valence-electron chi connectivity index (χ1n) is 11.0. The predicted octanol–water partition coefficient (Wildman–Crippen LogP) is 4.08. The van der Waals surface area contributed by atoms with E-state index in [2.05, 4.69) is 10.6 Å². The second-order valence-corrected chi connectivity index (χ2v) is 7.61.